The Labute approximate surface area is 182 Å². The molecule has 166 valence electrons. The predicted molar refractivity (Wildman–Crippen MR) is 110 cm³/mol. The minimum absolute atomic E-state index is 0.382. The first kappa shape index (κ1) is 22.9. The van der Waals surface area contributed by atoms with Crippen molar-refractivity contribution in [2.75, 3.05) is 29.9 Å². The van der Waals surface area contributed by atoms with E-state index in [-0.39, 0.29) is 5.92 Å². The van der Waals surface area contributed by atoms with E-state index in [1.165, 1.54) is 6.07 Å². The Kier molecular flexibility index (Phi) is 7.04. The van der Waals surface area contributed by atoms with Crippen molar-refractivity contribution in [1.29, 1.82) is 0 Å². The zero-order valence-electron chi connectivity index (χ0n) is 16.7. The molecule has 1 saturated heterocycles. The molecule has 2 heterocycles. The van der Waals surface area contributed by atoms with Crippen LogP contribution < -0.4 is 10.2 Å². The van der Waals surface area contributed by atoms with Gasteiger partial charge >= 0.3 is 12.1 Å². The number of nitrogens with zero attached hydrogens (tertiary/aromatic N) is 2. The molecule has 0 atom stereocenters. The highest BCUT2D eigenvalue weighted by atomic mass is 35.5. The number of ether oxygens (including phenoxy) is 1. The Balaban J connectivity index is 1.44. The van der Waals surface area contributed by atoms with E-state index in [0.717, 1.165) is 17.8 Å². The number of alkyl halides is 3. The van der Waals surface area contributed by atoms with Gasteiger partial charge in [-0.25, -0.2) is 4.98 Å². The molecule has 0 aliphatic carbocycles. The Morgan fingerprint density at radius 2 is 1.94 bits per heavy atom. The van der Waals surface area contributed by atoms with Crippen molar-refractivity contribution in [3.05, 3.63) is 52.7 Å². The molecule has 31 heavy (non-hydrogen) atoms. The SMILES string of the molecule is Cc1ccc(NC(=O)COC(=O)C2CCN(c3ccc(C(F)(F)F)cn3)CC2)cc1Cl. The van der Waals surface area contributed by atoms with Crippen LogP contribution in [-0.4, -0.2) is 36.6 Å². The van der Waals surface area contributed by atoms with Gasteiger partial charge in [-0.05, 0) is 49.6 Å². The summed E-state index contributed by atoms with van der Waals surface area (Å²) < 4.78 is 43.1. The second kappa shape index (κ2) is 9.55. The number of anilines is 2. The van der Waals surface area contributed by atoms with Crippen LogP contribution in [0, 0.1) is 12.8 Å². The van der Waals surface area contributed by atoms with Gasteiger partial charge in [0.1, 0.15) is 5.82 Å². The Hall–Kier alpha value is -2.81. The summed E-state index contributed by atoms with van der Waals surface area (Å²) in [5.41, 5.74) is 0.582. The van der Waals surface area contributed by atoms with E-state index in [2.05, 4.69) is 10.3 Å². The standard InChI is InChI=1S/C21H21ClF3N3O3/c1-13-2-4-16(10-17(13)22)27-19(29)12-31-20(30)14-6-8-28(9-7-14)18-5-3-15(11-26-18)21(23,24)25/h2-5,10-11,14H,6-9,12H2,1H3,(H,27,29). The molecule has 1 aromatic heterocycles. The molecule has 1 aliphatic heterocycles. The number of carbonyl (C=O) groups is 2. The molecule has 2 aromatic rings. The minimum Gasteiger partial charge on any atom is -0.455 e. The first-order chi connectivity index (χ1) is 14.6. The maximum Gasteiger partial charge on any atom is 0.417 e. The smallest absolute Gasteiger partial charge is 0.417 e. The summed E-state index contributed by atoms with van der Waals surface area (Å²) in [6.45, 7) is 2.33. The van der Waals surface area contributed by atoms with Gasteiger partial charge in [-0.15, -0.1) is 0 Å². The summed E-state index contributed by atoms with van der Waals surface area (Å²) in [5, 5.41) is 3.13. The van der Waals surface area contributed by atoms with Gasteiger partial charge in [0, 0.05) is 30.0 Å². The van der Waals surface area contributed by atoms with Crippen molar-refractivity contribution in [1.82, 2.24) is 4.98 Å². The number of aryl methyl sites for hydroxylation is 1. The lowest BCUT2D eigenvalue weighted by atomic mass is 9.97. The Morgan fingerprint density at radius 1 is 1.23 bits per heavy atom. The van der Waals surface area contributed by atoms with Crippen molar-refractivity contribution in [2.45, 2.75) is 25.9 Å². The average molecular weight is 456 g/mol. The van der Waals surface area contributed by atoms with Crippen LogP contribution in [0.5, 0.6) is 0 Å². The molecule has 1 aliphatic rings. The van der Waals surface area contributed by atoms with Crippen molar-refractivity contribution in [3.8, 4) is 0 Å². The maximum atomic E-state index is 12.6. The minimum atomic E-state index is -4.43. The number of benzene rings is 1. The molecular weight excluding hydrogens is 435 g/mol. The first-order valence-electron chi connectivity index (χ1n) is 9.64. The van der Waals surface area contributed by atoms with Gasteiger partial charge in [0.05, 0.1) is 11.5 Å². The lowest BCUT2D eigenvalue weighted by molar-refractivity contribution is -0.152. The quantitative estimate of drug-likeness (QED) is 0.674. The molecular formula is C21H21ClF3N3O3. The van der Waals surface area contributed by atoms with E-state index in [0.29, 0.717) is 42.5 Å². The number of hydrogen-bond acceptors (Lipinski definition) is 5. The van der Waals surface area contributed by atoms with E-state index in [1.54, 1.807) is 18.2 Å². The number of nitrogens with one attached hydrogen (secondary N) is 1. The van der Waals surface area contributed by atoms with E-state index in [9.17, 15) is 22.8 Å². The third-order valence-corrected chi connectivity index (χ3v) is 5.44. The van der Waals surface area contributed by atoms with Crippen molar-refractivity contribution in [2.24, 2.45) is 5.92 Å². The Morgan fingerprint density at radius 3 is 2.52 bits per heavy atom. The van der Waals surface area contributed by atoms with Gasteiger partial charge < -0.3 is 15.0 Å². The van der Waals surface area contributed by atoms with Crippen LogP contribution in [0.3, 0.4) is 0 Å². The van der Waals surface area contributed by atoms with Gasteiger partial charge in [-0.3, -0.25) is 9.59 Å². The maximum absolute atomic E-state index is 12.6. The topological polar surface area (TPSA) is 71.5 Å². The molecule has 1 aromatic carbocycles. The molecule has 0 unspecified atom stereocenters. The normalized spacial score (nSPS) is 14.9. The highest BCUT2D eigenvalue weighted by Crippen LogP contribution is 2.30. The average Bonchev–Trinajstić information content (AvgIpc) is 2.74. The van der Waals surface area contributed by atoms with Gasteiger partial charge in [0.2, 0.25) is 0 Å². The molecule has 0 saturated carbocycles. The monoisotopic (exact) mass is 455 g/mol. The summed E-state index contributed by atoms with van der Waals surface area (Å²) in [7, 11) is 0. The van der Waals surface area contributed by atoms with Gasteiger partial charge in [-0.1, -0.05) is 17.7 Å². The number of esters is 1. The lowest BCUT2D eigenvalue weighted by Crippen LogP contribution is -2.38. The molecule has 6 nitrogen and oxygen atoms in total. The fraction of sp³-hybridized carbons (Fsp3) is 0.381. The zero-order chi connectivity index (χ0) is 22.6. The van der Waals surface area contributed by atoms with Crippen LogP contribution in [0.15, 0.2) is 36.5 Å². The fourth-order valence-electron chi connectivity index (χ4n) is 3.21. The predicted octanol–water partition coefficient (Wildman–Crippen LogP) is 4.46. The van der Waals surface area contributed by atoms with Crippen LogP contribution in [-0.2, 0) is 20.5 Å². The number of halogens is 4. The third kappa shape index (κ3) is 6.10. The number of amides is 1. The molecule has 1 fully saturated rings. The first-order valence-corrected chi connectivity index (χ1v) is 10.0. The molecule has 0 spiro atoms. The zero-order valence-corrected chi connectivity index (χ0v) is 17.5. The number of piperidine rings is 1. The van der Waals surface area contributed by atoms with Gasteiger partial charge in [-0.2, -0.15) is 13.2 Å². The number of carbonyl (C=O) groups excluding carboxylic acids is 2. The lowest BCUT2D eigenvalue weighted by Gasteiger charge is -2.31. The summed E-state index contributed by atoms with van der Waals surface area (Å²) in [5.74, 6) is -0.903. The highest BCUT2D eigenvalue weighted by Gasteiger charge is 2.31. The van der Waals surface area contributed by atoms with Crippen LogP contribution in [0.4, 0.5) is 24.7 Å². The summed E-state index contributed by atoms with van der Waals surface area (Å²) in [6, 6.07) is 7.39. The second-order valence-electron chi connectivity index (χ2n) is 7.28. The van der Waals surface area contributed by atoms with Crippen molar-refractivity contribution < 1.29 is 27.5 Å². The van der Waals surface area contributed by atoms with Crippen LogP contribution in [0.25, 0.3) is 0 Å². The summed E-state index contributed by atoms with van der Waals surface area (Å²) >= 11 is 6.01. The molecule has 0 radical (unpaired) electrons. The van der Waals surface area contributed by atoms with E-state index >= 15 is 0 Å². The van der Waals surface area contributed by atoms with Crippen LogP contribution in [0.2, 0.25) is 5.02 Å². The summed E-state index contributed by atoms with van der Waals surface area (Å²) in [4.78, 5) is 30.0. The van der Waals surface area contributed by atoms with E-state index in [4.69, 9.17) is 16.3 Å². The third-order valence-electron chi connectivity index (χ3n) is 5.03. The molecule has 1 N–H and O–H groups in total. The largest absolute Gasteiger partial charge is 0.455 e. The number of rotatable bonds is 5. The second-order valence-corrected chi connectivity index (χ2v) is 7.69. The van der Waals surface area contributed by atoms with Crippen molar-refractivity contribution >= 4 is 35.0 Å². The number of hydrogen-bond donors (Lipinski definition) is 1. The Bertz CT molecular complexity index is 943. The molecule has 1 amide bonds. The number of aromatic nitrogens is 1. The molecule has 10 heteroatoms. The fourth-order valence-corrected chi connectivity index (χ4v) is 3.39. The van der Waals surface area contributed by atoms with E-state index < -0.39 is 30.2 Å². The van der Waals surface area contributed by atoms with Gasteiger partial charge in [0.25, 0.3) is 5.91 Å². The molecule has 3 rings (SSSR count). The summed E-state index contributed by atoms with van der Waals surface area (Å²) in [6.07, 6.45) is -2.72. The van der Waals surface area contributed by atoms with Crippen molar-refractivity contribution in [3.63, 3.8) is 0 Å². The van der Waals surface area contributed by atoms with Gasteiger partial charge in [0.15, 0.2) is 6.61 Å². The molecule has 0 bridgehead atoms. The van der Waals surface area contributed by atoms with Crippen LogP contribution >= 0.6 is 11.6 Å². The van der Waals surface area contributed by atoms with E-state index in [1.807, 2.05) is 11.8 Å². The highest BCUT2D eigenvalue weighted by molar-refractivity contribution is 6.31. The van der Waals surface area contributed by atoms with Crippen LogP contribution in [0.1, 0.15) is 24.0 Å². The number of pyridine rings is 1.